The quantitative estimate of drug-likeness (QED) is 0.0517. The number of phosphoric ester groups is 1. The number of hydrogen-bond acceptors (Lipinski definition) is 4. The fourth-order valence-electron chi connectivity index (χ4n) is 3.83. The van der Waals surface area contributed by atoms with Crippen LogP contribution in [0.4, 0.5) is 0 Å². The van der Waals surface area contributed by atoms with Gasteiger partial charge in [-0.2, -0.15) is 0 Å². The van der Waals surface area contributed by atoms with Crippen LogP contribution in [-0.4, -0.2) is 44.9 Å². The molecule has 0 spiro atoms. The molecular formula is C28H58NO4P. The molecule has 0 aromatic carbocycles. The zero-order valence-corrected chi connectivity index (χ0v) is 24.1. The normalized spacial score (nSPS) is 14.1. The Hall–Kier alpha value is -0.190. The summed E-state index contributed by atoms with van der Waals surface area (Å²) in [6.45, 7) is 6.35. The maximum absolute atomic E-state index is 11.8. The van der Waals surface area contributed by atoms with Crippen molar-refractivity contribution >= 4 is 7.82 Å². The van der Waals surface area contributed by atoms with Crippen LogP contribution < -0.4 is 4.89 Å². The lowest BCUT2D eigenvalue weighted by Gasteiger charge is -2.29. The van der Waals surface area contributed by atoms with Crippen LogP contribution in [0.3, 0.4) is 0 Å². The molecule has 0 amide bonds. The SMILES string of the molecule is CCCCCCCC/C=C\CCCCCCCCCCCCOP(=O)([O-])OCC[N+](C)(C)CC. The topological polar surface area (TPSA) is 58.6 Å². The number of phosphoric acid groups is 1. The standard InChI is InChI=1S/C28H58NO4P/c1-5-7-8-9-10-11-12-13-14-15-16-17-18-19-20-21-22-23-24-25-27-32-34(30,31)33-28-26-29(3,4)6-2/h13-14H,5-12,15-28H2,1-4H3/b14-13-. The van der Waals surface area contributed by atoms with Crippen LogP contribution in [0.15, 0.2) is 12.2 Å². The predicted molar refractivity (Wildman–Crippen MR) is 145 cm³/mol. The highest BCUT2D eigenvalue weighted by Crippen LogP contribution is 2.38. The fraction of sp³-hybridized carbons (Fsp3) is 0.929. The van der Waals surface area contributed by atoms with Gasteiger partial charge in [0.1, 0.15) is 13.2 Å². The summed E-state index contributed by atoms with van der Waals surface area (Å²) in [6.07, 6.45) is 27.8. The summed E-state index contributed by atoms with van der Waals surface area (Å²) in [7, 11) is -0.0432. The van der Waals surface area contributed by atoms with E-state index in [1.54, 1.807) is 0 Å². The smallest absolute Gasteiger partial charge is 0.268 e. The highest BCUT2D eigenvalue weighted by atomic mass is 31.2. The third kappa shape index (κ3) is 24.9. The Morgan fingerprint density at radius 3 is 1.53 bits per heavy atom. The van der Waals surface area contributed by atoms with E-state index in [9.17, 15) is 9.46 Å². The van der Waals surface area contributed by atoms with Gasteiger partial charge in [-0.05, 0) is 39.0 Å². The van der Waals surface area contributed by atoms with Crippen LogP contribution >= 0.6 is 7.82 Å². The number of quaternary nitrogens is 1. The van der Waals surface area contributed by atoms with E-state index in [1.165, 1.54) is 96.3 Å². The number of likely N-dealkylation sites (N-methyl/N-ethyl adjacent to an activating group) is 1. The minimum Gasteiger partial charge on any atom is -0.756 e. The Bertz CT molecular complexity index is 511. The zero-order chi connectivity index (χ0) is 25.4. The average molecular weight is 504 g/mol. The van der Waals surface area contributed by atoms with Crippen LogP contribution in [0.5, 0.6) is 0 Å². The number of rotatable bonds is 26. The Kier molecular flexibility index (Phi) is 23.1. The molecule has 0 heterocycles. The Labute approximate surface area is 212 Å². The van der Waals surface area contributed by atoms with Gasteiger partial charge < -0.3 is 18.4 Å². The van der Waals surface area contributed by atoms with Crippen molar-refractivity contribution < 1.29 is 23.0 Å². The van der Waals surface area contributed by atoms with E-state index in [1.807, 2.05) is 0 Å². The van der Waals surface area contributed by atoms with Crippen LogP contribution in [0.2, 0.25) is 0 Å². The van der Waals surface area contributed by atoms with Gasteiger partial charge in [0.25, 0.3) is 7.82 Å². The summed E-state index contributed by atoms with van der Waals surface area (Å²) in [5.41, 5.74) is 0. The molecule has 0 rings (SSSR count). The van der Waals surface area contributed by atoms with Crippen molar-refractivity contribution in [3.05, 3.63) is 12.2 Å². The third-order valence-electron chi connectivity index (χ3n) is 6.71. The van der Waals surface area contributed by atoms with Gasteiger partial charge in [-0.1, -0.05) is 103 Å². The summed E-state index contributed by atoms with van der Waals surface area (Å²) in [5.74, 6) is 0. The van der Waals surface area contributed by atoms with Crippen molar-refractivity contribution in [2.24, 2.45) is 0 Å². The number of allylic oxidation sites excluding steroid dienone is 2. The van der Waals surface area contributed by atoms with E-state index >= 15 is 0 Å². The molecule has 5 nitrogen and oxygen atoms in total. The molecule has 0 aliphatic rings. The van der Waals surface area contributed by atoms with Gasteiger partial charge in [0.05, 0.1) is 27.2 Å². The molecule has 1 atom stereocenters. The first-order valence-electron chi connectivity index (χ1n) is 14.4. The molecule has 0 radical (unpaired) electrons. The summed E-state index contributed by atoms with van der Waals surface area (Å²) in [5, 5.41) is 0. The maximum Gasteiger partial charge on any atom is 0.268 e. The second kappa shape index (κ2) is 23.2. The Balaban J connectivity index is 3.33. The van der Waals surface area contributed by atoms with Crippen LogP contribution in [0, 0.1) is 0 Å². The predicted octanol–water partition coefficient (Wildman–Crippen LogP) is 8.18. The molecule has 0 aliphatic carbocycles. The molecule has 0 saturated heterocycles. The number of unbranched alkanes of at least 4 members (excludes halogenated alkanes) is 16. The molecule has 1 unspecified atom stereocenters. The number of nitrogens with zero attached hydrogens (tertiary/aromatic N) is 1. The molecule has 0 saturated carbocycles. The summed E-state index contributed by atoms with van der Waals surface area (Å²) >= 11 is 0. The van der Waals surface area contributed by atoms with Gasteiger partial charge in [-0.3, -0.25) is 4.57 Å². The Morgan fingerprint density at radius 2 is 1.06 bits per heavy atom. The van der Waals surface area contributed by atoms with Gasteiger partial charge in [0.15, 0.2) is 0 Å². The van der Waals surface area contributed by atoms with Crippen molar-refractivity contribution in [2.75, 3.05) is 40.4 Å². The lowest BCUT2D eigenvalue weighted by atomic mass is 10.1. The van der Waals surface area contributed by atoms with E-state index in [0.717, 1.165) is 30.3 Å². The Morgan fingerprint density at radius 1 is 0.647 bits per heavy atom. The van der Waals surface area contributed by atoms with Crippen molar-refractivity contribution in [1.82, 2.24) is 0 Å². The van der Waals surface area contributed by atoms with Crippen LogP contribution in [0.1, 0.15) is 129 Å². The molecular weight excluding hydrogens is 445 g/mol. The lowest BCUT2D eigenvalue weighted by molar-refractivity contribution is -0.888. The summed E-state index contributed by atoms with van der Waals surface area (Å²) < 4.78 is 22.5. The van der Waals surface area contributed by atoms with Crippen molar-refractivity contribution in [1.29, 1.82) is 0 Å². The molecule has 34 heavy (non-hydrogen) atoms. The van der Waals surface area contributed by atoms with Crippen molar-refractivity contribution in [2.45, 2.75) is 129 Å². The largest absolute Gasteiger partial charge is 0.756 e. The van der Waals surface area contributed by atoms with Gasteiger partial charge in [0, 0.05) is 0 Å². The van der Waals surface area contributed by atoms with Gasteiger partial charge >= 0.3 is 0 Å². The molecule has 0 aromatic rings. The molecule has 0 aliphatic heterocycles. The minimum atomic E-state index is -4.15. The average Bonchev–Trinajstić information content (AvgIpc) is 2.79. The van der Waals surface area contributed by atoms with E-state index in [0.29, 0.717) is 6.54 Å². The molecule has 6 heteroatoms. The first-order chi connectivity index (χ1) is 16.3. The first-order valence-corrected chi connectivity index (χ1v) is 15.9. The molecule has 204 valence electrons. The first kappa shape index (κ1) is 33.8. The zero-order valence-electron chi connectivity index (χ0n) is 23.2. The second-order valence-corrected chi connectivity index (χ2v) is 11.9. The van der Waals surface area contributed by atoms with Crippen molar-refractivity contribution in [3.63, 3.8) is 0 Å². The molecule has 0 aromatic heterocycles. The van der Waals surface area contributed by atoms with E-state index in [4.69, 9.17) is 9.05 Å². The fourth-order valence-corrected chi connectivity index (χ4v) is 4.56. The second-order valence-electron chi connectivity index (χ2n) is 10.4. The van der Waals surface area contributed by atoms with Crippen molar-refractivity contribution in [3.8, 4) is 0 Å². The van der Waals surface area contributed by atoms with Crippen LogP contribution in [0.25, 0.3) is 0 Å². The molecule has 0 fully saturated rings. The van der Waals surface area contributed by atoms with Crippen LogP contribution in [-0.2, 0) is 13.6 Å². The maximum atomic E-state index is 11.8. The van der Waals surface area contributed by atoms with Gasteiger partial charge in [-0.25, -0.2) is 0 Å². The van der Waals surface area contributed by atoms with E-state index in [-0.39, 0.29) is 13.2 Å². The van der Waals surface area contributed by atoms with E-state index < -0.39 is 7.82 Å². The van der Waals surface area contributed by atoms with E-state index in [2.05, 4.69) is 40.1 Å². The molecule has 0 N–H and O–H groups in total. The highest BCUT2D eigenvalue weighted by molar-refractivity contribution is 7.45. The third-order valence-corrected chi connectivity index (χ3v) is 7.71. The van der Waals surface area contributed by atoms with Gasteiger partial charge in [0.2, 0.25) is 0 Å². The minimum absolute atomic E-state index is 0.178. The monoisotopic (exact) mass is 503 g/mol. The molecule has 0 bridgehead atoms. The summed E-state index contributed by atoms with van der Waals surface area (Å²) in [4.78, 5) is 11.8. The summed E-state index contributed by atoms with van der Waals surface area (Å²) in [6, 6.07) is 0. The number of hydrogen-bond donors (Lipinski definition) is 0. The highest BCUT2D eigenvalue weighted by Gasteiger charge is 2.15. The lowest BCUT2D eigenvalue weighted by Crippen LogP contribution is -2.41. The van der Waals surface area contributed by atoms with Gasteiger partial charge in [-0.15, -0.1) is 0 Å².